The normalized spacial score (nSPS) is 37.6. The number of rotatable bonds is 2. The third kappa shape index (κ3) is 2.27. The van der Waals surface area contributed by atoms with Crippen LogP contribution in [0.4, 0.5) is 9.18 Å². The van der Waals surface area contributed by atoms with Crippen molar-refractivity contribution in [3.05, 3.63) is 35.1 Å². The van der Waals surface area contributed by atoms with Crippen molar-refractivity contribution in [2.75, 3.05) is 19.7 Å². The molecule has 4 aliphatic rings. The number of ether oxygens (including phenoxy) is 1. The van der Waals surface area contributed by atoms with Crippen LogP contribution < -0.4 is 5.32 Å². The molecule has 2 atom stereocenters. The van der Waals surface area contributed by atoms with Gasteiger partial charge in [-0.25, -0.2) is 9.18 Å². The lowest BCUT2D eigenvalue weighted by molar-refractivity contribution is -0.142. The molecule has 1 spiro atoms. The predicted octanol–water partition coefficient (Wildman–Crippen LogP) is 2.51. The van der Waals surface area contributed by atoms with Crippen molar-refractivity contribution < 1.29 is 18.7 Å². The molecule has 2 amide bonds. The van der Waals surface area contributed by atoms with Gasteiger partial charge in [0.05, 0.1) is 5.54 Å². The van der Waals surface area contributed by atoms with Crippen molar-refractivity contribution in [2.45, 2.75) is 43.6 Å². The molecule has 0 bridgehead atoms. The van der Waals surface area contributed by atoms with E-state index in [0.717, 1.165) is 31.5 Å². The van der Waals surface area contributed by atoms with Crippen molar-refractivity contribution >= 4 is 12.0 Å². The smallest absolute Gasteiger partial charge is 0.407 e. The summed E-state index contributed by atoms with van der Waals surface area (Å²) in [6, 6.07) is 5.59. The highest BCUT2D eigenvalue weighted by molar-refractivity contribution is 5.82. The molecular formula is C20H23FN2O3. The highest BCUT2D eigenvalue weighted by Crippen LogP contribution is 2.59. The topological polar surface area (TPSA) is 58.6 Å². The lowest BCUT2D eigenvalue weighted by Crippen LogP contribution is -2.58. The summed E-state index contributed by atoms with van der Waals surface area (Å²) in [6.07, 6.45) is 2.92. The fourth-order valence-corrected chi connectivity index (χ4v) is 5.25. The Morgan fingerprint density at radius 2 is 2.15 bits per heavy atom. The van der Waals surface area contributed by atoms with Crippen LogP contribution in [0.25, 0.3) is 0 Å². The summed E-state index contributed by atoms with van der Waals surface area (Å²) in [5, 5.41) is 2.84. The maximum absolute atomic E-state index is 14.0. The molecule has 2 saturated heterocycles. The van der Waals surface area contributed by atoms with Gasteiger partial charge in [-0.05, 0) is 55.7 Å². The van der Waals surface area contributed by atoms with Crippen LogP contribution in [0.15, 0.2) is 18.2 Å². The Morgan fingerprint density at radius 1 is 1.35 bits per heavy atom. The van der Waals surface area contributed by atoms with Crippen molar-refractivity contribution in [2.24, 2.45) is 11.8 Å². The number of likely N-dealkylation sites (tertiary alicyclic amines) is 1. The van der Waals surface area contributed by atoms with E-state index < -0.39 is 0 Å². The van der Waals surface area contributed by atoms with Crippen molar-refractivity contribution in [1.82, 2.24) is 10.2 Å². The summed E-state index contributed by atoms with van der Waals surface area (Å²) in [6.45, 7) is 3.66. The molecule has 2 saturated carbocycles. The molecular weight excluding hydrogens is 335 g/mol. The molecule has 2 heterocycles. The second-order valence-corrected chi connectivity index (χ2v) is 8.64. The Bertz CT molecular complexity index is 804. The molecule has 0 aromatic heterocycles. The number of carbonyl (C=O) groups excluding carboxylic acids is 2. The largest absolute Gasteiger partial charge is 0.447 e. The van der Waals surface area contributed by atoms with E-state index in [-0.39, 0.29) is 34.7 Å². The zero-order chi connectivity index (χ0) is 18.1. The first-order chi connectivity index (χ1) is 12.4. The summed E-state index contributed by atoms with van der Waals surface area (Å²) in [5.41, 5.74) is 1.53. The number of benzene rings is 1. The third-order valence-corrected chi connectivity index (χ3v) is 7.03. The Balaban J connectivity index is 1.22. The first kappa shape index (κ1) is 16.1. The van der Waals surface area contributed by atoms with E-state index in [1.807, 2.05) is 17.0 Å². The van der Waals surface area contributed by atoms with Crippen LogP contribution in [-0.2, 0) is 14.9 Å². The van der Waals surface area contributed by atoms with E-state index >= 15 is 0 Å². The average Bonchev–Trinajstić information content (AvgIpc) is 3.21. The van der Waals surface area contributed by atoms with Crippen LogP contribution in [-0.4, -0.2) is 42.1 Å². The number of carbonyl (C=O) groups is 2. The first-order valence-corrected chi connectivity index (χ1v) is 9.41. The molecule has 26 heavy (non-hydrogen) atoms. The molecule has 2 aliphatic carbocycles. The highest BCUT2D eigenvalue weighted by Gasteiger charge is 2.59. The molecule has 2 aliphatic heterocycles. The van der Waals surface area contributed by atoms with Crippen molar-refractivity contribution in [3.63, 3.8) is 0 Å². The van der Waals surface area contributed by atoms with Gasteiger partial charge in [-0.1, -0.05) is 12.1 Å². The quantitative estimate of drug-likeness (QED) is 0.884. The van der Waals surface area contributed by atoms with E-state index in [1.165, 1.54) is 0 Å². The predicted molar refractivity (Wildman–Crippen MR) is 92.1 cm³/mol. The van der Waals surface area contributed by atoms with Crippen LogP contribution in [0.3, 0.4) is 0 Å². The number of alkyl carbamates (subject to hydrolysis) is 1. The Labute approximate surface area is 151 Å². The molecule has 4 fully saturated rings. The molecule has 5 nitrogen and oxygen atoms in total. The SMILES string of the molecule is Cc1ccc([C@@]23CCN(C(=O)[C@H]4C[C@]5(COC(=O)N5)C4)CC2C3)cc1F. The Kier molecular flexibility index (Phi) is 3.22. The number of hydrogen-bond acceptors (Lipinski definition) is 3. The maximum Gasteiger partial charge on any atom is 0.407 e. The van der Waals surface area contributed by atoms with Gasteiger partial charge in [0, 0.05) is 24.4 Å². The van der Waals surface area contributed by atoms with Crippen LogP contribution in [0.1, 0.15) is 36.8 Å². The number of halogens is 1. The van der Waals surface area contributed by atoms with Crippen LogP contribution in [0.2, 0.25) is 0 Å². The Hall–Kier alpha value is -2.11. The minimum absolute atomic E-state index is 0.0138. The third-order valence-electron chi connectivity index (χ3n) is 7.03. The maximum atomic E-state index is 14.0. The number of cyclic esters (lactones) is 1. The van der Waals surface area contributed by atoms with E-state index in [0.29, 0.717) is 30.9 Å². The lowest BCUT2D eigenvalue weighted by atomic mass is 9.68. The molecule has 6 heteroatoms. The number of hydrogen-bond donors (Lipinski definition) is 1. The molecule has 0 radical (unpaired) electrons. The van der Waals surface area contributed by atoms with E-state index in [4.69, 9.17) is 4.74 Å². The molecule has 1 unspecified atom stereocenters. The standard InChI is InChI=1S/C20H23FN2O3/c1-12-2-3-14(6-16(12)21)20-4-5-23(10-15(20)9-20)17(24)13-7-19(8-13)11-26-18(25)22-19/h2-3,6,13,15H,4-5,7-11H2,1H3,(H,22,25)/t13-,15?,19+,20-/m0/s1. The number of piperidine rings is 1. The average molecular weight is 358 g/mol. The van der Waals surface area contributed by atoms with Gasteiger partial charge >= 0.3 is 6.09 Å². The van der Waals surface area contributed by atoms with Gasteiger partial charge < -0.3 is 15.0 Å². The van der Waals surface area contributed by atoms with Gasteiger partial charge in [-0.3, -0.25) is 4.79 Å². The lowest BCUT2D eigenvalue weighted by Gasteiger charge is -2.44. The van der Waals surface area contributed by atoms with Crippen molar-refractivity contribution in [1.29, 1.82) is 0 Å². The fourth-order valence-electron chi connectivity index (χ4n) is 5.25. The second kappa shape index (κ2) is 5.21. The highest BCUT2D eigenvalue weighted by atomic mass is 19.1. The van der Waals surface area contributed by atoms with Gasteiger partial charge in [0.25, 0.3) is 0 Å². The number of nitrogens with zero attached hydrogens (tertiary/aromatic N) is 1. The number of aryl methyl sites for hydroxylation is 1. The minimum atomic E-state index is -0.373. The van der Waals surface area contributed by atoms with Crippen LogP contribution in [0.5, 0.6) is 0 Å². The zero-order valence-corrected chi connectivity index (χ0v) is 14.9. The van der Waals surface area contributed by atoms with Gasteiger partial charge in [0.1, 0.15) is 12.4 Å². The van der Waals surface area contributed by atoms with Gasteiger partial charge in [-0.15, -0.1) is 0 Å². The summed E-state index contributed by atoms with van der Waals surface area (Å²) < 4.78 is 18.9. The number of fused-ring (bicyclic) bond motifs is 1. The molecule has 1 aromatic carbocycles. The van der Waals surface area contributed by atoms with E-state index in [2.05, 4.69) is 5.32 Å². The Morgan fingerprint density at radius 3 is 2.81 bits per heavy atom. The first-order valence-electron chi connectivity index (χ1n) is 9.41. The summed E-state index contributed by atoms with van der Waals surface area (Å²) >= 11 is 0. The van der Waals surface area contributed by atoms with Crippen LogP contribution >= 0.6 is 0 Å². The van der Waals surface area contributed by atoms with Gasteiger partial charge in [0.2, 0.25) is 5.91 Å². The number of amides is 2. The number of nitrogens with one attached hydrogen (secondary N) is 1. The minimum Gasteiger partial charge on any atom is -0.447 e. The van der Waals surface area contributed by atoms with E-state index in [1.54, 1.807) is 13.0 Å². The zero-order valence-electron chi connectivity index (χ0n) is 14.9. The summed E-state index contributed by atoms with van der Waals surface area (Å²) in [5.74, 6) is 0.486. The fraction of sp³-hybridized carbons (Fsp3) is 0.600. The van der Waals surface area contributed by atoms with E-state index in [9.17, 15) is 14.0 Å². The second-order valence-electron chi connectivity index (χ2n) is 8.64. The molecule has 138 valence electrons. The molecule has 5 rings (SSSR count). The van der Waals surface area contributed by atoms with Gasteiger partial charge in [0.15, 0.2) is 0 Å². The molecule has 1 N–H and O–H groups in total. The monoisotopic (exact) mass is 358 g/mol. The van der Waals surface area contributed by atoms with Gasteiger partial charge in [-0.2, -0.15) is 0 Å². The summed E-state index contributed by atoms with van der Waals surface area (Å²) in [4.78, 5) is 26.0. The van der Waals surface area contributed by atoms with Crippen LogP contribution in [0, 0.1) is 24.6 Å². The summed E-state index contributed by atoms with van der Waals surface area (Å²) in [7, 11) is 0. The molecule has 1 aromatic rings. The van der Waals surface area contributed by atoms with Crippen molar-refractivity contribution in [3.8, 4) is 0 Å².